The van der Waals surface area contributed by atoms with Gasteiger partial charge in [-0.2, -0.15) is 0 Å². The van der Waals surface area contributed by atoms with E-state index in [4.69, 9.17) is 4.98 Å². The predicted octanol–water partition coefficient (Wildman–Crippen LogP) is 7.40. The van der Waals surface area contributed by atoms with Crippen molar-refractivity contribution in [2.24, 2.45) is 12.5 Å². The molecule has 0 bridgehead atoms. The van der Waals surface area contributed by atoms with E-state index in [1.165, 1.54) is 32.8 Å². The molecule has 3 heterocycles. The van der Waals surface area contributed by atoms with E-state index in [0.717, 1.165) is 44.6 Å². The number of fused-ring (bicyclic) bond motifs is 7. The van der Waals surface area contributed by atoms with Crippen LogP contribution in [0.3, 0.4) is 0 Å². The summed E-state index contributed by atoms with van der Waals surface area (Å²) in [6, 6.07) is 18.5. The third kappa shape index (κ3) is 2.77. The zero-order valence-corrected chi connectivity index (χ0v) is 20.7. The molecule has 3 aromatic heterocycles. The van der Waals surface area contributed by atoms with E-state index in [-0.39, 0.29) is 11.2 Å². The summed E-state index contributed by atoms with van der Waals surface area (Å²) in [7, 11) is 2.07. The smallest absolute Gasteiger partial charge is 0.287 e. The average molecular weight is 461 g/mol. The van der Waals surface area contributed by atoms with Gasteiger partial charge in [-0.25, -0.2) is 8.96 Å². The van der Waals surface area contributed by atoms with Crippen molar-refractivity contribution in [2.45, 2.75) is 34.1 Å². The maximum absolute atomic E-state index is 14.4. The minimum absolute atomic E-state index is 0.214. The molecular formula is C31H27FN3+. The van der Waals surface area contributed by atoms with E-state index in [9.17, 15) is 4.39 Å². The Bertz CT molecular complexity index is 1990. The summed E-state index contributed by atoms with van der Waals surface area (Å²) in [5.41, 5.74) is 8.26. The Morgan fingerprint density at radius 1 is 0.886 bits per heavy atom. The lowest BCUT2D eigenvalue weighted by Crippen LogP contribution is -2.30. The van der Waals surface area contributed by atoms with Gasteiger partial charge in [-0.1, -0.05) is 39.0 Å². The molecule has 0 aliphatic heterocycles. The fourth-order valence-electron chi connectivity index (χ4n) is 6.14. The van der Waals surface area contributed by atoms with E-state index in [2.05, 4.69) is 80.1 Å². The molecule has 0 aliphatic rings. The standard InChI is InChI=1S/C31H27FN3/c1-17-22-12-18(15-31(2,3)4)6-7-19(22)13-26-27(17)30-28-24(33-16-34(30)5)10-9-21-23-14-20(32)8-11-25(23)35(26)29(21)28/h6-14,16H,15H2,1-5H3/q+1. The lowest BCUT2D eigenvalue weighted by atomic mass is 9.86. The fraction of sp³-hybridized carbons (Fsp3) is 0.226. The molecule has 0 amide bonds. The number of aromatic nitrogens is 3. The number of halogens is 1. The quantitative estimate of drug-likeness (QED) is 0.142. The van der Waals surface area contributed by atoms with Gasteiger partial charge in [-0.15, -0.1) is 0 Å². The average Bonchev–Trinajstić information content (AvgIpc) is 3.13. The zero-order valence-electron chi connectivity index (χ0n) is 20.7. The van der Waals surface area contributed by atoms with Crippen LogP contribution in [-0.4, -0.2) is 9.38 Å². The van der Waals surface area contributed by atoms with Gasteiger partial charge in [0.1, 0.15) is 11.3 Å². The van der Waals surface area contributed by atoms with Crippen LogP contribution in [0.15, 0.2) is 60.9 Å². The molecule has 0 aliphatic carbocycles. The Morgan fingerprint density at radius 2 is 1.71 bits per heavy atom. The van der Waals surface area contributed by atoms with Crippen molar-refractivity contribution < 1.29 is 8.96 Å². The van der Waals surface area contributed by atoms with Crippen molar-refractivity contribution in [3.63, 3.8) is 0 Å². The third-order valence-corrected chi connectivity index (χ3v) is 7.49. The fourth-order valence-corrected chi connectivity index (χ4v) is 6.14. The van der Waals surface area contributed by atoms with Crippen molar-refractivity contribution >= 4 is 59.9 Å². The Balaban J connectivity index is 1.77. The molecule has 0 fully saturated rings. The summed E-state index contributed by atoms with van der Waals surface area (Å²) in [5, 5.41) is 6.86. The molecule has 4 aromatic carbocycles. The third-order valence-electron chi connectivity index (χ3n) is 7.49. The predicted molar refractivity (Wildman–Crippen MR) is 143 cm³/mol. The normalized spacial score (nSPS) is 13.0. The molecule has 0 radical (unpaired) electrons. The molecule has 4 heteroatoms. The van der Waals surface area contributed by atoms with Gasteiger partial charge in [0.15, 0.2) is 5.52 Å². The van der Waals surface area contributed by atoms with E-state index >= 15 is 0 Å². The molecular weight excluding hydrogens is 433 g/mol. The summed E-state index contributed by atoms with van der Waals surface area (Å²) < 4.78 is 18.8. The van der Waals surface area contributed by atoms with Crippen LogP contribution in [0.25, 0.3) is 59.9 Å². The molecule has 172 valence electrons. The van der Waals surface area contributed by atoms with E-state index in [0.29, 0.717) is 0 Å². The van der Waals surface area contributed by atoms with Crippen molar-refractivity contribution in [1.29, 1.82) is 0 Å². The highest BCUT2D eigenvalue weighted by Gasteiger charge is 2.25. The molecule has 0 spiro atoms. The topological polar surface area (TPSA) is 21.2 Å². The lowest BCUT2D eigenvalue weighted by Gasteiger charge is -2.19. The second-order valence-electron chi connectivity index (χ2n) is 11.2. The van der Waals surface area contributed by atoms with Crippen LogP contribution in [0, 0.1) is 18.2 Å². The Morgan fingerprint density at radius 3 is 2.51 bits per heavy atom. The largest absolute Gasteiger partial charge is 0.308 e. The first-order chi connectivity index (χ1) is 16.7. The molecule has 0 N–H and O–H groups in total. The van der Waals surface area contributed by atoms with Gasteiger partial charge < -0.3 is 4.40 Å². The molecule has 35 heavy (non-hydrogen) atoms. The first-order valence-corrected chi connectivity index (χ1v) is 12.2. The van der Waals surface area contributed by atoms with Gasteiger partial charge in [0.05, 0.1) is 29.0 Å². The maximum Gasteiger partial charge on any atom is 0.287 e. The second kappa shape index (κ2) is 6.66. The van der Waals surface area contributed by atoms with Crippen LogP contribution in [0.2, 0.25) is 0 Å². The summed E-state index contributed by atoms with van der Waals surface area (Å²) in [5.74, 6) is -0.214. The molecule has 7 rings (SSSR count). The van der Waals surface area contributed by atoms with Gasteiger partial charge >= 0.3 is 0 Å². The van der Waals surface area contributed by atoms with Crippen molar-refractivity contribution in [2.75, 3.05) is 0 Å². The van der Waals surface area contributed by atoms with Crippen LogP contribution in [0.4, 0.5) is 4.39 Å². The molecule has 0 saturated carbocycles. The minimum Gasteiger partial charge on any atom is -0.308 e. The Hall–Kier alpha value is -3.79. The number of aryl methyl sites for hydroxylation is 2. The van der Waals surface area contributed by atoms with Crippen LogP contribution in [0.5, 0.6) is 0 Å². The highest BCUT2D eigenvalue weighted by atomic mass is 19.1. The summed E-state index contributed by atoms with van der Waals surface area (Å²) in [4.78, 5) is 4.75. The van der Waals surface area contributed by atoms with Crippen molar-refractivity contribution in [3.05, 3.63) is 77.9 Å². The summed E-state index contributed by atoms with van der Waals surface area (Å²) in [6.07, 6.45) is 2.94. The molecule has 7 aromatic rings. The number of nitrogens with zero attached hydrogens (tertiary/aromatic N) is 3. The Labute approximate surface area is 202 Å². The van der Waals surface area contributed by atoms with Crippen LogP contribution in [0.1, 0.15) is 31.9 Å². The van der Waals surface area contributed by atoms with Crippen LogP contribution >= 0.6 is 0 Å². The van der Waals surface area contributed by atoms with E-state index < -0.39 is 0 Å². The number of benzene rings is 4. The maximum atomic E-state index is 14.4. The van der Waals surface area contributed by atoms with Gasteiger partial charge in [0.2, 0.25) is 0 Å². The summed E-state index contributed by atoms with van der Waals surface area (Å²) >= 11 is 0. The first kappa shape index (κ1) is 20.6. The summed E-state index contributed by atoms with van der Waals surface area (Å²) in [6.45, 7) is 9.09. The van der Waals surface area contributed by atoms with Gasteiger partial charge in [-0.05, 0) is 82.0 Å². The number of hydrogen-bond acceptors (Lipinski definition) is 1. The molecule has 3 nitrogen and oxygen atoms in total. The second-order valence-corrected chi connectivity index (χ2v) is 11.2. The number of pyridine rings is 1. The van der Waals surface area contributed by atoms with Gasteiger partial charge in [-0.3, -0.25) is 0 Å². The number of hydrogen-bond donors (Lipinski definition) is 0. The van der Waals surface area contributed by atoms with Crippen LogP contribution in [-0.2, 0) is 13.5 Å². The lowest BCUT2D eigenvalue weighted by molar-refractivity contribution is -0.646. The molecule has 0 saturated heterocycles. The molecule has 0 atom stereocenters. The SMILES string of the molecule is Cc1c2cc(CC(C)(C)C)ccc2cc2c1c1c3c(ccc4c5cc(F)ccc5n2c43)nc[n+]1C. The van der Waals surface area contributed by atoms with Crippen LogP contribution < -0.4 is 4.57 Å². The van der Waals surface area contributed by atoms with E-state index in [1.807, 2.05) is 12.4 Å². The van der Waals surface area contributed by atoms with Crippen molar-refractivity contribution in [1.82, 2.24) is 9.38 Å². The highest BCUT2D eigenvalue weighted by molar-refractivity contribution is 6.27. The molecule has 0 unspecified atom stereocenters. The zero-order chi connectivity index (χ0) is 24.2. The van der Waals surface area contributed by atoms with E-state index in [1.54, 1.807) is 12.1 Å². The van der Waals surface area contributed by atoms with Gasteiger partial charge in [0, 0.05) is 16.2 Å². The minimum atomic E-state index is -0.214. The van der Waals surface area contributed by atoms with Crippen molar-refractivity contribution in [3.8, 4) is 0 Å². The highest BCUT2D eigenvalue weighted by Crippen LogP contribution is 2.42. The monoisotopic (exact) mass is 460 g/mol. The number of rotatable bonds is 1. The van der Waals surface area contributed by atoms with Gasteiger partial charge in [0.25, 0.3) is 6.33 Å². The first-order valence-electron chi connectivity index (χ1n) is 12.2. The Kier molecular flexibility index (Phi) is 3.91.